The number of aryl methyl sites for hydroxylation is 2. The van der Waals surface area contributed by atoms with E-state index in [1.54, 1.807) is 6.07 Å². The van der Waals surface area contributed by atoms with Crippen molar-refractivity contribution in [3.63, 3.8) is 0 Å². The number of nitrogens with two attached hydrogens (primary N) is 1. The van der Waals surface area contributed by atoms with Gasteiger partial charge in [-0.05, 0) is 68.8 Å². The van der Waals surface area contributed by atoms with Crippen LogP contribution >= 0.6 is 11.8 Å². The minimum atomic E-state index is -0.250. The van der Waals surface area contributed by atoms with Crippen molar-refractivity contribution in [3.8, 4) is 0 Å². The Hall–Kier alpha value is -1.46. The fourth-order valence-corrected chi connectivity index (χ4v) is 2.69. The highest BCUT2D eigenvalue weighted by molar-refractivity contribution is 7.99. The van der Waals surface area contributed by atoms with Crippen molar-refractivity contribution in [1.82, 2.24) is 9.97 Å². The predicted octanol–water partition coefficient (Wildman–Crippen LogP) is 3.19. The topological polar surface area (TPSA) is 51.8 Å². The minimum Gasteiger partial charge on any atom is -0.330 e. The van der Waals surface area contributed by atoms with E-state index < -0.39 is 0 Å². The van der Waals surface area contributed by atoms with Crippen LogP contribution in [-0.4, -0.2) is 16.5 Å². The third-order valence-corrected chi connectivity index (χ3v) is 4.16. The van der Waals surface area contributed by atoms with Crippen LogP contribution in [0.5, 0.6) is 0 Å². The van der Waals surface area contributed by atoms with Crippen LogP contribution < -0.4 is 5.73 Å². The van der Waals surface area contributed by atoms with E-state index in [0.29, 0.717) is 23.0 Å². The van der Waals surface area contributed by atoms with Crippen LogP contribution in [0.2, 0.25) is 0 Å². The molecule has 3 nitrogen and oxygen atoms in total. The zero-order valence-electron chi connectivity index (χ0n) is 11.9. The van der Waals surface area contributed by atoms with Crippen molar-refractivity contribution in [3.05, 3.63) is 46.5 Å². The van der Waals surface area contributed by atoms with Crippen molar-refractivity contribution >= 4 is 11.8 Å². The van der Waals surface area contributed by atoms with Crippen molar-refractivity contribution in [2.75, 3.05) is 6.54 Å². The molecule has 0 unspecified atom stereocenters. The quantitative estimate of drug-likeness (QED) is 0.879. The van der Waals surface area contributed by atoms with Gasteiger partial charge in [-0.1, -0.05) is 6.07 Å². The number of aromatic nitrogens is 2. The van der Waals surface area contributed by atoms with Gasteiger partial charge in [-0.2, -0.15) is 0 Å². The molecule has 2 aromatic rings. The van der Waals surface area contributed by atoms with Gasteiger partial charge in [0, 0.05) is 11.4 Å². The molecule has 1 aromatic heterocycles. The summed E-state index contributed by atoms with van der Waals surface area (Å²) in [5, 5.41) is 0.580. The molecule has 0 amide bonds. The summed E-state index contributed by atoms with van der Waals surface area (Å²) in [4.78, 5) is 9.32. The Balaban J connectivity index is 2.26. The minimum absolute atomic E-state index is 0.250. The second-order valence-corrected chi connectivity index (χ2v) is 5.72. The molecular weight excluding hydrogens is 273 g/mol. The first-order chi connectivity index (χ1) is 9.51. The van der Waals surface area contributed by atoms with Gasteiger partial charge in [0.05, 0.1) is 4.90 Å². The van der Waals surface area contributed by atoms with Gasteiger partial charge < -0.3 is 5.73 Å². The second-order valence-electron chi connectivity index (χ2n) is 4.71. The molecule has 0 saturated heterocycles. The van der Waals surface area contributed by atoms with E-state index in [0.717, 1.165) is 22.5 Å². The zero-order chi connectivity index (χ0) is 14.7. The maximum atomic E-state index is 14.0. The van der Waals surface area contributed by atoms with Crippen molar-refractivity contribution in [2.45, 2.75) is 37.2 Å². The molecule has 2 N–H and O–H groups in total. The first-order valence-electron chi connectivity index (χ1n) is 6.49. The monoisotopic (exact) mass is 291 g/mol. The van der Waals surface area contributed by atoms with E-state index in [-0.39, 0.29) is 5.82 Å². The lowest BCUT2D eigenvalue weighted by Gasteiger charge is -2.08. The van der Waals surface area contributed by atoms with E-state index in [1.807, 2.05) is 26.8 Å². The van der Waals surface area contributed by atoms with Crippen LogP contribution in [0, 0.1) is 26.6 Å². The van der Waals surface area contributed by atoms with Gasteiger partial charge in [0.15, 0.2) is 5.16 Å². The predicted molar refractivity (Wildman–Crippen MR) is 79.5 cm³/mol. The molecule has 0 bridgehead atoms. The lowest BCUT2D eigenvalue weighted by atomic mass is 10.1. The molecule has 0 aliphatic rings. The van der Waals surface area contributed by atoms with Crippen molar-refractivity contribution in [1.29, 1.82) is 0 Å². The molecule has 0 atom stereocenters. The summed E-state index contributed by atoms with van der Waals surface area (Å²) in [6, 6.07) is 5.19. The molecule has 0 radical (unpaired) electrons. The van der Waals surface area contributed by atoms with Gasteiger partial charge in [0.2, 0.25) is 0 Å². The highest BCUT2D eigenvalue weighted by Gasteiger charge is 2.10. The Morgan fingerprint density at radius 2 is 1.80 bits per heavy atom. The summed E-state index contributed by atoms with van der Waals surface area (Å²) >= 11 is 1.25. The van der Waals surface area contributed by atoms with E-state index in [2.05, 4.69) is 9.97 Å². The Morgan fingerprint density at radius 3 is 2.35 bits per heavy atom. The number of hydrogen-bond donors (Lipinski definition) is 1. The maximum absolute atomic E-state index is 14.0. The van der Waals surface area contributed by atoms with E-state index in [1.165, 1.54) is 17.8 Å². The largest absolute Gasteiger partial charge is 0.330 e. The Bertz CT molecular complexity index is 606. The van der Waals surface area contributed by atoms with Crippen LogP contribution in [0.25, 0.3) is 0 Å². The summed E-state index contributed by atoms with van der Waals surface area (Å²) in [5.41, 5.74) is 9.32. The number of hydrogen-bond acceptors (Lipinski definition) is 4. The van der Waals surface area contributed by atoms with Crippen molar-refractivity contribution < 1.29 is 4.39 Å². The Kier molecular flexibility index (Phi) is 4.73. The SMILES string of the molecule is Cc1nc(Sc2ccc(CCN)cc2F)nc(C)c1C. The molecule has 0 fully saturated rings. The lowest BCUT2D eigenvalue weighted by molar-refractivity contribution is 0.599. The Labute approximate surface area is 122 Å². The van der Waals surface area contributed by atoms with E-state index in [4.69, 9.17) is 5.73 Å². The van der Waals surface area contributed by atoms with Crippen LogP contribution in [0.15, 0.2) is 28.3 Å². The summed E-state index contributed by atoms with van der Waals surface area (Å²) in [6.07, 6.45) is 0.682. The highest BCUT2D eigenvalue weighted by atomic mass is 32.2. The van der Waals surface area contributed by atoms with Gasteiger partial charge in [-0.3, -0.25) is 0 Å². The fraction of sp³-hybridized carbons (Fsp3) is 0.333. The molecule has 1 aromatic carbocycles. The number of rotatable bonds is 4. The molecule has 2 rings (SSSR count). The van der Waals surface area contributed by atoms with Gasteiger partial charge in [0.1, 0.15) is 5.82 Å². The fourth-order valence-electron chi connectivity index (χ4n) is 1.83. The molecule has 1 heterocycles. The Morgan fingerprint density at radius 1 is 1.15 bits per heavy atom. The summed E-state index contributed by atoms with van der Waals surface area (Å²) in [6.45, 7) is 6.39. The smallest absolute Gasteiger partial charge is 0.192 e. The average molecular weight is 291 g/mol. The first-order valence-corrected chi connectivity index (χ1v) is 7.31. The third kappa shape index (κ3) is 3.35. The summed E-state index contributed by atoms with van der Waals surface area (Å²) in [7, 11) is 0. The van der Waals surface area contributed by atoms with Gasteiger partial charge in [-0.25, -0.2) is 14.4 Å². The normalized spacial score (nSPS) is 10.8. The molecule has 20 heavy (non-hydrogen) atoms. The third-order valence-electron chi connectivity index (χ3n) is 3.24. The van der Waals surface area contributed by atoms with Crippen molar-refractivity contribution in [2.24, 2.45) is 5.73 Å². The maximum Gasteiger partial charge on any atom is 0.192 e. The molecular formula is C15H18FN3S. The zero-order valence-corrected chi connectivity index (χ0v) is 12.7. The molecule has 0 spiro atoms. The lowest BCUT2D eigenvalue weighted by Crippen LogP contribution is -2.03. The number of benzene rings is 1. The summed E-state index contributed by atoms with van der Waals surface area (Å²) < 4.78 is 14.0. The van der Waals surface area contributed by atoms with Crippen LogP contribution in [0.4, 0.5) is 4.39 Å². The highest BCUT2D eigenvalue weighted by Crippen LogP contribution is 2.28. The van der Waals surface area contributed by atoms with Gasteiger partial charge >= 0.3 is 0 Å². The second kappa shape index (κ2) is 6.33. The van der Waals surface area contributed by atoms with E-state index >= 15 is 0 Å². The number of halogens is 1. The van der Waals surface area contributed by atoms with Crippen LogP contribution in [0.1, 0.15) is 22.5 Å². The molecule has 106 valence electrons. The van der Waals surface area contributed by atoms with Crippen LogP contribution in [-0.2, 0) is 6.42 Å². The summed E-state index contributed by atoms with van der Waals surface area (Å²) in [5.74, 6) is -0.250. The van der Waals surface area contributed by atoms with Gasteiger partial charge in [0.25, 0.3) is 0 Å². The molecule has 0 aliphatic heterocycles. The molecule has 0 aliphatic carbocycles. The van der Waals surface area contributed by atoms with Gasteiger partial charge in [-0.15, -0.1) is 0 Å². The van der Waals surface area contributed by atoms with Crippen LogP contribution in [0.3, 0.4) is 0 Å². The molecule has 5 heteroatoms. The number of nitrogens with zero attached hydrogens (tertiary/aromatic N) is 2. The standard InChI is InChI=1S/C15H18FN3S/c1-9-10(2)18-15(19-11(9)3)20-14-5-4-12(6-7-17)8-13(14)16/h4-5,8H,6-7,17H2,1-3H3. The first kappa shape index (κ1) is 14.9. The van der Waals surface area contributed by atoms with E-state index in [9.17, 15) is 4.39 Å². The molecule has 0 saturated carbocycles. The average Bonchev–Trinajstić information content (AvgIpc) is 2.39.